The number of hydrogen-bond donors (Lipinski definition) is 1. The van der Waals surface area contributed by atoms with Gasteiger partial charge in [0, 0.05) is 5.92 Å². The highest BCUT2D eigenvalue weighted by molar-refractivity contribution is 5.35. The third-order valence-corrected chi connectivity index (χ3v) is 3.24. The molecule has 0 radical (unpaired) electrons. The van der Waals surface area contributed by atoms with Crippen LogP contribution in [0.15, 0.2) is 24.3 Å². The number of para-hydroxylation sites is 1. The number of nitrogens with two attached hydrogens (primary N) is 1. The second kappa shape index (κ2) is 5.18. The largest absolute Gasteiger partial charge is 0.493 e. The zero-order chi connectivity index (χ0) is 13.2. The Morgan fingerprint density at radius 1 is 1.28 bits per heavy atom. The fourth-order valence-electron chi connectivity index (χ4n) is 1.99. The Labute approximate surface area is 104 Å². The first kappa shape index (κ1) is 13.2. The molecule has 0 saturated heterocycles. The Bertz CT molecular complexity index is 401. The molecule has 2 nitrogen and oxygen atoms in total. The molecule has 0 amide bonds. The summed E-state index contributed by atoms with van der Waals surface area (Å²) in [6.45, 7) is 0.715. The van der Waals surface area contributed by atoms with Crippen molar-refractivity contribution >= 4 is 0 Å². The molecule has 1 atom stereocenters. The number of rotatable bonds is 5. The van der Waals surface area contributed by atoms with Gasteiger partial charge in [-0.15, -0.1) is 0 Å². The average molecular weight is 259 g/mol. The van der Waals surface area contributed by atoms with Gasteiger partial charge in [-0.3, -0.25) is 0 Å². The SMILES string of the molecule is NCC(COc1ccccc1C(F)(F)F)C1CC1. The second-order valence-corrected chi connectivity index (χ2v) is 4.64. The highest BCUT2D eigenvalue weighted by atomic mass is 19.4. The summed E-state index contributed by atoms with van der Waals surface area (Å²) in [5, 5.41) is 0. The lowest BCUT2D eigenvalue weighted by atomic mass is 10.1. The van der Waals surface area contributed by atoms with E-state index in [4.69, 9.17) is 10.5 Å². The van der Waals surface area contributed by atoms with Crippen LogP contribution in [-0.2, 0) is 6.18 Å². The number of alkyl halides is 3. The predicted octanol–water partition coefficient (Wildman–Crippen LogP) is 3.07. The molecule has 1 aliphatic rings. The van der Waals surface area contributed by atoms with E-state index in [1.165, 1.54) is 12.1 Å². The molecule has 1 aromatic carbocycles. The zero-order valence-electron chi connectivity index (χ0n) is 9.91. The summed E-state index contributed by atoms with van der Waals surface area (Å²) >= 11 is 0. The molecule has 1 aromatic rings. The van der Waals surface area contributed by atoms with E-state index in [9.17, 15) is 13.2 Å². The fraction of sp³-hybridized carbons (Fsp3) is 0.538. The standard InChI is InChI=1S/C13H16F3NO/c14-13(15,16)11-3-1-2-4-12(11)18-8-10(7-17)9-5-6-9/h1-4,9-10H,5-8,17H2. The van der Waals surface area contributed by atoms with Crippen molar-refractivity contribution < 1.29 is 17.9 Å². The first-order valence-electron chi connectivity index (χ1n) is 6.01. The molecule has 100 valence electrons. The molecule has 0 bridgehead atoms. The van der Waals surface area contributed by atoms with Crippen molar-refractivity contribution in [3.63, 3.8) is 0 Å². The monoisotopic (exact) mass is 259 g/mol. The van der Waals surface area contributed by atoms with Crippen molar-refractivity contribution in [3.8, 4) is 5.75 Å². The van der Waals surface area contributed by atoms with E-state index in [1.807, 2.05) is 0 Å². The van der Waals surface area contributed by atoms with Crippen molar-refractivity contribution in [1.29, 1.82) is 0 Å². The number of benzene rings is 1. The summed E-state index contributed by atoms with van der Waals surface area (Å²) in [7, 11) is 0. The number of halogens is 3. The van der Waals surface area contributed by atoms with Crippen LogP contribution in [0, 0.1) is 11.8 Å². The second-order valence-electron chi connectivity index (χ2n) is 4.64. The van der Waals surface area contributed by atoms with Gasteiger partial charge in [0.25, 0.3) is 0 Å². The summed E-state index contributed by atoms with van der Waals surface area (Å²) < 4.78 is 43.5. The quantitative estimate of drug-likeness (QED) is 0.882. The minimum atomic E-state index is -4.38. The Kier molecular flexibility index (Phi) is 3.80. The normalized spacial score (nSPS) is 17.6. The maximum absolute atomic E-state index is 12.7. The molecule has 18 heavy (non-hydrogen) atoms. The third-order valence-electron chi connectivity index (χ3n) is 3.24. The van der Waals surface area contributed by atoms with Gasteiger partial charge in [0.15, 0.2) is 0 Å². The molecule has 1 aliphatic carbocycles. The van der Waals surface area contributed by atoms with Crippen LogP contribution >= 0.6 is 0 Å². The molecule has 2 rings (SSSR count). The summed E-state index contributed by atoms with van der Waals surface area (Å²) in [4.78, 5) is 0. The van der Waals surface area contributed by atoms with Crippen molar-refractivity contribution in [2.45, 2.75) is 19.0 Å². The molecule has 0 spiro atoms. The molecule has 0 aromatic heterocycles. The van der Waals surface area contributed by atoms with Crippen LogP contribution in [0.25, 0.3) is 0 Å². The number of ether oxygens (including phenoxy) is 1. The Morgan fingerprint density at radius 2 is 1.94 bits per heavy atom. The van der Waals surface area contributed by atoms with Crippen LogP contribution < -0.4 is 10.5 Å². The zero-order valence-corrected chi connectivity index (χ0v) is 9.91. The highest BCUT2D eigenvalue weighted by Crippen LogP contribution is 2.38. The van der Waals surface area contributed by atoms with E-state index in [-0.39, 0.29) is 18.3 Å². The van der Waals surface area contributed by atoms with E-state index < -0.39 is 11.7 Å². The van der Waals surface area contributed by atoms with Gasteiger partial charge in [0.05, 0.1) is 12.2 Å². The van der Waals surface area contributed by atoms with E-state index in [1.54, 1.807) is 6.07 Å². The van der Waals surface area contributed by atoms with Crippen LogP contribution in [0.3, 0.4) is 0 Å². The molecular formula is C13H16F3NO. The fourth-order valence-corrected chi connectivity index (χ4v) is 1.99. The molecule has 5 heteroatoms. The summed E-state index contributed by atoms with van der Waals surface area (Å²) in [6, 6.07) is 5.28. The van der Waals surface area contributed by atoms with E-state index in [0.29, 0.717) is 12.5 Å². The molecule has 1 fully saturated rings. The minimum Gasteiger partial charge on any atom is -0.493 e. The van der Waals surface area contributed by atoms with Crippen LogP contribution in [0.2, 0.25) is 0 Å². The maximum atomic E-state index is 12.7. The van der Waals surface area contributed by atoms with Crippen molar-refractivity contribution in [3.05, 3.63) is 29.8 Å². The van der Waals surface area contributed by atoms with Gasteiger partial charge in [0.2, 0.25) is 0 Å². The first-order chi connectivity index (χ1) is 8.52. The Hall–Kier alpha value is -1.23. The third kappa shape index (κ3) is 3.16. The van der Waals surface area contributed by atoms with E-state index in [0.717, 1.165) is 18.9 Å². The molecule has 0 heterocycles. The molecule has 1 unspecified atom stereocenters. The molecule has 1 saturated carbocycles. The Balaban J connectivity index is 2.04. The summed E-state index contributed by atoms with van der Waals surface area (Å²) in [5.74, 6) is 0.573. The molecule has 0 aliphatic heterocycles. The van der Waals surface area contributed by atoms with Gasteiger partial charge in [-0.2, -0.15) is 13.2 Å². The van der Waals surface area contributed by atoms with Crippen LogP contribution in [-0.4, -0.2) is 13.2 Å². The van der Waals surface area contributed by atoms with Gasteiger partial charge < -0.3 is 10.5 Å². The van der Waals surface area contributed by atoms with Crippen molar-refractivity contribution in [2.75, 3.05) is 13.2 Å². The lowest BCUT2D eigenvalue weighted by Gasteiger charge is -2.18. The lowest BCUT2D eigenvalue weighted by molar-refractivity contribution is -0.139. The van der Waals surface area contributed by atoms with Crippen molar-refractivity contribution in [2.24, 2.45) is 17.6 Å². The topological polar surface area (TPSA) is 35.2 Å². The summed E-state index contributed by atoms with van der Waals surface area (Å²) in [5.41, 5.74) is 4.87. The number of hydrogen-bond acceptors (Lipinski definition) is 2. The predicted molar refractivity (Wildman–Crippen MR) is 62.2 cm³/mol. The van der Waals surface area contributed by atoms with Gasteiger partial charge >= 0.3 is 6.18 Å². The minimum absolute atomic E-state index is 0.107. The van der Waals surface area contributed by atoms with E-state index >= 15 is 0 Å². The van der Waals surface area contributed by atoms with Gasteiger partial charge in [-0.25, -0.2) is 0 Å². The Morgan fingerprint density at radius 3 is 2.50 bits per heavy atom. The van der Waals surface area contributed by atoms with Crippen LogP contribution in [0.1, 0.15) is 18.4 Å². The van der Waals surface area contributed by atoms with Gasteiger partial charge in [-0.05, 0) is 37.4 Å². The average Bonchev–Trinajstić information content (AvgIpc) is 3.13. The molecule has 2 N–H and O–H groups in total. The summed E-state index contributed by atoms with van der Waals surface area (Å²) in [6.07, 6.45) is -2.17. The molecular weight excluding hydrogens is 243 g/mol. The maximum Gasteiger partial charge on any atom is 0.419 e. The first-order valence-corrected chi connectivity index (χ1v) is 6.01. The van der Waals surface area contributed by atoms with Gasteiger partial charge in [0.1, 0.15) is 5.75 Å². The smallest absolute Gasteiger partial charge is 0.419 e. The van der Waals surface area contributed by atoms with Crippen LogP contribution in [0.4, 0.5) is 13.2 Å². The van der Waals surface area contributed by atoms with Crippen LogP contribution in [0.5, 0.6) is 5.75 Å². The highest BCUT2D eigenvalue weighted by Gasteiger charge is 2.35. The van der Waals surface area contributed by atoms with Gasteiger partial charge in [-0.1, -0.05) is 12.1 Å². The lowest BCUT2D eigenvalue weighted by Crippen LogP contribution is -2.24. The van der Waals surface area contributed by atoms with E-state index in [2.05, 4.69) is 0 Å². The van der Waals surface area contributed by atoms with Crippen molar-refractivity contribution in [1.82, 2.24) is 0 Å².